The highest BCUT2D eigenvalue weighted by Crippen LogP contribution is 2.17. The molecule has 0 aliphatic rings. The maximum Gasteiger partial charge on any atom is 0.338 e. The van der Waals surface area contributed by atoms with E-state index in [0.29, 0.717) is 16.9 Å². The second-order valence-corrected chi connectivity index (χ2v) is 4.68. The van der Waals surface area contributed by atoms with Crippen LogP contribution in [0.4, 0.5) is 21.9 Å². The highest BCUT2D eigenvalue weighted by atomic mass is 16.6. The molecule has 0 heterocycles. The molecule has 8 nitrogen and oxygen atoms in total. The Bertz CT molecular complexity index is 759. The van der Waals surface area contributed by atoms with Gasteiger partial charge in [0, 0.05) is 23.5 Å². The summed E-state index contributed by atoms with van der Waals surface area (Å²) >= 11 is 0. The summed E-state index contributed by atoms with van der Waals surface area (Å²) in [4.78, 5) is 33.6. The Hall–Kier alpha value is -3.42. The van der Waals surface area contributed by atoms with Crippen LogP contribution in [0, 0.1) is 10.1 Å². The summed E-state index contributed by atoms with van der Waals surface area (Å²) in [6, 6.07) is 11.2. The molecule has 0 aliphatic heterocycles. The Labute approximate surface area is 137 Å². The largest absolute Gasteiger partial charge is 0.462 e. The highest BCUT2D eigenvalue weighted by molar-refractivity contribution is 6.00. The number of benzene rings is 2. The minimum Gasteiger partial charge on any atom is -0.462 e. The second kappa shape index (κ2) is 7.73. The first-order valence-electron chi connectivity index (χ1n) is 7.09. The lowest BCUT2D eigenvalue weighted by atomic mass is 10.2. The lowest BCUT2D eigenvalue weighted by Crippen LogP contribution is -2.19. The maximum atomic E-state index is 11.9. The van der Waals surface area contributed by atoms with E-state index in [1.54, 1.807) is 19.1 Å². The van der Waals surface area contributed by atoms with Crippen LogP contribution in [0.1, 0.15) is 17.3 Å². The van der Waals surface area contributed by atoms with Gasteiger partial charge in [-0.05, 0) is 37.3 Å². The Morgan fingerprint density at radius 2 is 1.75 bits per heavy atom. The summed E-state index contributed by atoms with van der Waals surface area (Å²) < 4.78 is 4.86. The van der Waals surface area contributed by atoms with Gasteiger partial charge in [-0.3, -0.25) is 10.1 Å². The van der Waals surface area contributed by atoms with Crippen LogP contribution in [0.25, 0.3) is 0 Å². The van der Waals surface area contributed by atoms with E-state index in [9.17, 15) is 19.7 Å². The second-order valence-electron chi connectivity index (χ2n) is 4.68. The van der Waals surface area contributed by atoms with E-state index >= 15 is 0 Å². The Balaban J connectivity index is 1.98. The summed E-state index contributed by atoms with van der Waals surface area (Å²) in [5.41, 5.74) is 1.02. The molecule has 0 radical (unpaired) electrons. The molecule has 0 unspecified atom stereocenters. The SMILES string of the molecule is CCOC(=O)c1ccc(NC(=O)Nc2cccc([N+](=O)[O-])c2)cc1. The molecule has 24 heavy (non-hydrogen) atoms. The van der Waals surface area contributed by atoms with Crippen LogP contribution < -0.4 is 10.6 Å². The number of hydrogen-bond acceptors (Lipinski definition) is 5. The molecule has 0 saturated carbocycles. The fourth-order valence-electron chi connectivity index (χ4n) is 1.89. The molecule has 2 rings (SSSR count). The molecule has 0 saturated heterocycles. The Kier molecular flexibility index (Phi) is 5.45. The third-order valence-corrected chi connectivity index (χ3v) is 2.97. The first kappa shape index (κ1) is 16.9. The average molecular weight is 329 g/mol. The molecule has 124 valence electrons. The molecule has 2 N–H and O–H groups in total. The number of urea groups is 1. The van der Waals surface area contributed by atoms with Crippen molar-refractivity contribution in [1.29, 1.82) is 0 Å². The average Bonchev–Trinajstić information content (AvgIpc) is 2.55. The van der Waals surface area contributed by atoms with E-state index in [0.717, 1.165) is 0 Å². The van der Waals surface area contributed by atoms with Crippen LogP contribution in [0.3, 0.4) is 0 Å². The minimum atomic E-state index is -0.556. The number of ether oxygens (including phenoxy) is 1. The molecule has 2 aromatic carbocycles. The summed E-state index contributed by atoms with van der Waals surface area (Å²) in [6.45, 7) is 2.00. The van der Waals surface area contributed by atoms with Crippen LogP contribution in [0.2, 0.25) is 0 Å². The maximum absolute atomic E-state index is 11.9. The lowest BCUT2D eigenvalue weighted by Gasteiger charge is -2.08. The number of hydrogen-bond donors (Lipinski definition) is 2. The number of nitrogens with one attached hydrogen (secondary N) is 2. The van der Waals surface area contributed by atoms with Crippen molar-refractivity contribution in [3.05, 3.63) is 64.2 Å². The van der Waals surface area contributed by atoms with Gasteiger partial charge in [0.15, 0.2) is 0 Å². The van der Waals surface area contributed by atoms with Gasteiger partial charge in [0.05, 0.1) is 17.1 Å². The predicted octanol–water partition coefficient (Wildman–Crippen LogP) is 3.42. The number of amides is 2. The Morgan fingerprint density at radius 3 is 2.38 bits per heavy atom. The fourth-order valence-corrected chi connectivity index (χ4v) is 1.89. The van der Waals surface area contributed by atoms with Gasteiger partial charge < -0.3 is 15.4 Å². The number of carbonyl (C=O) groups is 2. The summed E-state index contributed by atoms with van der Waals surface area (Å²) in [6.07, 6.45) is 0. The summed E-state index contributed by atoms with van der Waals surface area (Å²) in [5.74, 6) is -0.440. The number of nitrogens with zero attached hydrogens (tertiary/aromatic N) is 1. The molecule has 0 spiro atoms. The van der Waals surface area contributed by atoms with E-state index in [4.69, 9.17) is 4.74 Å². The summed E-state index contributed by atoms with van der Waals surface area (Å²) in [7, 11) is 0. The zero-order chi connectivity index (χ0) is 17.5. The highest BCUT2D eigenvalue weighted by Gasteiger charge is 2.09. The Morgan fingerprint density at radius 1 is 1.08 bits per heavy atom. The molecular formula is C16H15N3O5. The van der Waals surface area contributed by atoms with Gasteiger partial charge in [-0.15, -0.1) is 0 Å². The van der Waals surface area contributed by atoms with Gasteiger partial charge in [0.1, 0.15) is 0 Å². The van der Waals surface area contributed by atoms with Crippen LogP contribution in [0.15, 0.2) is 48.5 Å². The van der Waals surface area contributed by atoms with E-state index in [-0.39, 0.29) is 12.3 Å². The number of rotatable bonds is 5. The number of anilines is 2. The number of esters is 1. The molecular weight excluding hydrogens is 314 g/mol. The van der Waals surface area contributed by atoms with E-state index in [1.165, 1.54) is 36.4 Å². The topological polar surface area (TPSA) is 111 Å². The smallest absolute Gasteiger partial charge is 0.338 e. The van der Waals surface area contributed by atoms with Gasteiger partial charge in [-0.1, -0.05) is 6.07 Å². The molecule has 0 fully saturated rings. The van der Waals surface area contributed by atoms with Gasteiger partial charge in [-0.25, -0.2) is 9.59 Å². The van der Waals surface area contributed by atoms with Crippen molar-refractivity contribution in [2.75, 3.05) is 17.2 Å². The van der Waals surface area contributed by atoms with Gasteiger partial charge in [0.25, 0.3) is 5.69 Å². The van der Waals surface area contributed by atoms with Crippen LogP contribution in [-0.4, -0.2) is 23.5 Å². The first-order chi connectivity index (χ1) is 11.5. The standard InChI is InChI=1S/C16H15N3O5/c1-2-24-15(20)11-6-8-12(9-7-11)17-16(21)18-13-4-3-5-14(10-13)19(22)23/h3-10H,2H2,1H3,(H2,17,18,21). The van der Waals surface area contributed by atoms with E-state index in [1.807, 2.05) is 0 Å². The normalized spacial score (nSPS) is 9.88. The van der Waals surface area contributed by atoms with E-state index < -0.39 is 16.9 Å². The third-order valence-electron chi connectivity index (χ3n) is 2.97. The third kappa shape index (κ3) is 4.54. The number of nitro benzene ring substituents is 1. The summed E-state index contributed by atoms with van der Waals surface area (Å²) in [5, 5.41) is 15.8. The van der Waals surface area contributed by atoms with Crippen molar-refractivity contribution in [2.24, 2.45) is 0 Å². The van der Waals surface area contributed by atoms with Crippen LogP contribution in [-0.2, 0) is 4.74 Å². The molecule has 0 aromatic heterocycles. The van der Waals surface area contributed by atoms with Gasteiger partial charge in [-0.2, -0.15) is 0 Å². The number of carbonyl (C=O) groups excluding carboxylic acids is 2. The van der Waals surface area contributed by atoms with Crippen molar-refractivity contribution >= 4 is 29.1 Å². The monoisotopic (exact) mass is 329 g/mol. The zero-order valence-corrected chi connectivity index (χ0v) is 12.8. The zero-order valence-electron chi connectivity index (χ0n) is 12.8. The predicted molar refractivity (Wildman–Crippen MR) is 88.1 cm³/mol. The number of nitro groups is 1. The van der Waals surface area contributed by atoms with Crippen LogP contribution in [0.5, 0.6) is 0 Å². The first-order valence-corrected chi connectivity index (χ1v) is 7.09. The molecule has 2 aromatic rings. The van der Waals surface area contributed by atoms with Crippen molar-refractivity contribution < 1.29 is 19.2 Å². The van der Waals surface area contributed by atoms with Crippen molar-refractivity contribution in [2.45, 2.75) is 6.92 Å². The molecule has 0 aliphatic carbocycles. The molecule has 0 bridgehead atoms. The number of non-ortho nitro benzene ring substituents is 1. The van der Waals surface area contributed by atoms with Crippen molar-refractivity contribution in [3.63, 3.8) is 0 Å². The van der Waals surface area contributed by atoms with E-state index in [2.05, 4.69) is 10.6 Å². The van der Waals surface area contributed by atoms with Gasteiger partial charge >= 0.3 is 12.0 Å². The molecule has 8 heteroatoms. The fraction of sp³-hybridized carbons (Fsp3) is 0.125. The molecule has 0 atom stereocenters. The van der Waals surface area contributed by atoms with Crippen molar-refractivity contribution in [1.82, 2.24) is 0 Å². The van der Waals surface area contributed by atoms with Gasteiger partial charge in [0.2, 0.25) is 0 Å². The van der Waals surface area contributed by atoms with Crippen LogP contribution >= 0.6 is 0 Å². The quantitative estimate of drug-likeness (QED) is 0.496. The molecule has 2 amide bonds. The minimum absolute atomic E-state index is 0.119. The lowest BCUT2D eigenvalue weighted by molar-refractivity contribution is -0.384. The van der Waals surface area contributed by atoms with Crippen molar-refractivity contribution in [3.8, 4) is 0 Å².